The SMILES string of the molecule is [C-]#[N+]CCN1CCC2(CC1)CCN(c1ccc(Nc3ncc4c(=O)n(CC=C)n(-c5cccc(C(C)(C)O)n5)c4n3)cc1)CC2. The van der Waals surface area contributed by atoms with Gasteiger partial charge in [-0.1, -0.05) is 12.1 Å². The Morgan fingerprint density at radius 2 is 1.78 bits per heavy atom. The quantitative estimate of drug-likeness (QED) is 0.208. The number of piperidine rings is 2. The topological polar surface area (TPSA) is 109 Å². The first-order valence-corrected chi connectivity index (χ1v) is 15.7. The number of hydrogen-bond donors (Lipinski definition) is 2. The van der Waals surface area contributed by atoms with Crippen molar-refractivity contribution >= 4 is 28.4 Å². The summed E-state index contributed by atoms with van der Waals surface area (Å²) in [6, 6.07) is 13.7. The fourth-order valence-electron chi connectivity index (χ4n) is 6.56. The Hall–Kier alpha value is -4.53. The van der Waals surface area contributed by atoms with E-state index in [1.165, 1.54) is 42.2 Å². The maximum absolute atomic E-state index is 13.3. The Morgan fingerprint density at radius 3 is 2.44 bits per heavy atom. The van der Waals surface area contributed by atoms with Gasteiger partial charge in [-0.15, -0.1) is 6.58 Å². The molecule has 11 nitrogen and oxygen atoms in total. The van der Waals surface area contributed by atoms with Crippen LogP contribution in [0.5, 0.6) is 0 Å². The number of rotatable bonds is 9. The Bertz CT molecular complexity index is 1760. The molecule has 3 aromatic heterocycles. The standard InChI is InChI=1S/C34H41N9O2/c1-5-18-42-31(44)27-24-36-32(39-30(27)43(42)29-8-6-7-28(38-29)33(2,3)45)37-25-9-11-26(12-10-25)41-21-15-34(16-22-41)13-19-40(20-14-34)23-17-35-4/h5-12,24,45H,1,13-23H2,2-3H3,(H,36,37,39). The number of aromatic nitrogens is 5. The number of pyridine rings is 1. The molecule has 0 amide bonds. The van der Waals surface area contributed by atoms with Crippen LogP contribution >= 0.6 is 0 Å². The van der Waals surface area contributed by atoms with Crippen LogP contribution in [-0.2, 0) is 12.1 Å². The van der Waals surface area contributed by atoms with Gasteiger partial charge in [-0.05, 0) is 94.4 Å². The van der Waals surface area contributed by atoms with Crippen LogP contribution in [0.25, 0.3) is 21.7 Å². The number of benzene rings is 1. The van der Waals surface area contributed by atoms with Crippen molar-refractivity contribution in [2.45, 2.75) is 51.7 Å². The van der Waals surface area contributed by atoms with E-state index in [2.05, 4.69) is 48.6 Å². The monoisotopic (exact) mass is 607 g/mol. The van der Waals surface area contributed by atoms with Crippen LogP contribution < -0.4 is 15.8 Å². The van der Waals surface area contributed by atoms with E-state index in [0.29, 0.717) is 40.5 Å². The van der Waals surface area contributed by atoms with Gasteiger partial charge < -0.3 is 20.2 Å². The highest BCUT2D eigenvalue weighted by Crippen LogP contribution is 2.42. The van der Waals surface area contributed by atoms with Gasteiger partial charge in [0.15, 0.2) is 11.5 Å². The molecular weight excluding hydrogens is 566 g/mol. The van der Waals surface area contributed by atoms with Crippen LogP contribution in [0, 0.1) is 12.0 Å². The second kappa shape index (κ2) is 12.5. The minimum atomic E-state index is -1.15. The Kier molecular flexibility index (Phi) is 8.44. The summed E-state index contributed by atoms with van der Waals surface area (Å²) in [5.41, 5.74) is 1.99. The average molecular weight is 608 g/mol. The first-order valence-electron chi connectivity index (χ1n) is 15.7. The highest BCUT2D eigenvalue weighted by atomic mass is 16.3. The van der Waals surface area contributed by atoms with Gasteiger partial charge in [-0.2, -0.15) is 4.98 Å². The van der Waals surface area contributed by atoms with Crippen molar-refractivity contribution in [3.63, 3.8) is 0 Å². The number of anilines is 3. The van der Waals surface area contributed by atoms with Crippen LogP contribution in [0.1, 0.15) is 45.2 Å². The number of nitrogens with zero attached hydrogens (tertiary/aromatic N) is 8. The number of aliphatic hydroxyl groups is 1. The minimum Gasteiger partial charge on any atom is -0.384 e. The predicted molar refractivity (Wildman–Crippen MR) is 177 cm³/mol. The van der Waals surface area contributed by atoms with Crippen molar-refractivity contribution in [2.24, 2.45) is 5.41 Å². The third-order valence-corrected chi connectivity index (χ3v) is 9.31. The first kappa shape index (κ1) is 30.5. The number of allylic oxidation sites excluding steroid dienone is 1. The summed E-state index contributed by atoms with van der Waals surface area (Å²) in [4.78, 5) is 35.6. The largest absolute Gasteiger partial charge is 0.384 e. The van der Waals surface area contributed by atoms with Crippen LogP contribution in [-0.4, -0.2) is 73.6 Å². The van der Waals surface area contributed by atoms with Crippen molar-refractivity contribution in [2.75, 3.05) is 49.5 Å². The fourth-order valence-corrected chi connectivity index (χ4v) is 6.56. The van der Waals surface area contributed by atoms with Crippen LogP contribution in [0.15, 0.2) is 66.1 Å². The Balaban J connectivity index is 1.18. The summed E-state index contributed by atoms with van der Waals surface area (Å²) in [7, 11) is 0. The molecule has 234 valence electrons. The lowest BCUT2D eigenvalue weighted by Crippen LogP contribution is -2.47. The van der Waals surface area contributed by atoms with E-state index in [-0.39, 0.29) is 12.1 Å². The summed E-state index contributed by atoms with van der Waals surface area (Å²) < 4.78 is 3.17. The zero-order valence-electron chi connectivity index (χ0n) is 26.1. The van der Waals surface area contributed by atoms with Crippen LogP contribution in [0.4, 0.5) is 17.3 Å². The second-order valence-corrected chi connectivity index (χ2v) is 12.7. The Labute approximate surface area is 263 Å². The van der Waals surface area contributed by atoms with E-state index < -0.39 is 5.60 Å². The summed E-state index contributed by atoms with van der Waals surface area (Å²) >= 11 is 0. The molecular formula is C34H41N9O2. The van der Waals surface area contributed by atoms with E-state index in [9.17, 15) is 9.90 Å². The average Bonchev–Trinajstić information content (AvgIpc) is 3.31. The van der Waals surface area contributed by atoms with Crippen LogP contribution in [0.2, 0.25) is 0 Å². The normalized spacial score (nSPS) is 17.0. The summed E-state index contributed by atoms with van der Waals surface area (Å²) in [6.45, 7) is 20.3. The van der Waals surface area contributed by atoms with Crippen molar-refractivity contribution in [1.82, 2.24) is 29.2 Å². The van der Waals surface area contributed by atoms with Crippen molar-refractivity contribution in [3.05, 3.63) is 88.8 Å². The molecule has 0 bridgehead atoms. The molecule has 0 radical (unpaired) electrons. The summed E-state index contributed by atoms with van der Waals surface area (Å²) in [5.74, 6) is 0.826. The maximum Gasteiger partial charge on any atom is 0.278 e. The fraction of sp³-hybridized carbons (Fsp3) is 0.441. The Morgan fingerprint density at radius 1 is 1.07 bits per heavy atom. The molecule has 0 atom stereocenters. The van der Waals surface area contributed by atoms with Gasteiger partial charge in [0.25, 0.3) is 5.56 Å². The molecule has 2 saturated heterocycles. The zero-order valence-corrected chi connectivity index (χ0v) is 26.1. The van der Waals surface area contributed by atoms with E-state index in [1.807, 2.05) is 12.1 Å². The number of nitrogens with one attached hydrogen (secondary N) is 1. The maximum atomic E-state index is 13.3. The molecule has 5 heterocycles. The molecule has 0 aliphatic carbocycles. The van der Waals surface area contributed by atoms with Gasteiger partial charge in [0.05, 0.1) is 18.8 Å². The number of hydrogen-bond acceptors (Lipinski definition) is 8. The van der Waals surface area contributed by atoms with E-state index in [1.54, 1.807) is 42.8 Å². The van der Waals surface area contributed by atoms with Crippen molar-refractivity contribution in [1.29, 1.82) is 0 Å². The van der Waals surface area contributed by atoms with Gasteiger partial charge in [0.2, 0.25) is 12.5 Å². The van der Waals surface area contributed by atoms with Gasteiger partial charge in [-0.25, -0.2) is 25.9 Å². The molecule has 2 aliphatic rings. The molecule has 2 fully saturated rings. The van der Waals surface area contributed by atoms with Gasteiger partial charge >= 0.3 is 0 Å². The molecule has 45 heavy (non-hydrogen) atoms. The number of likely N-dealkylation sites (tertiary alicyclic amines) is 1. The summed E-state index contributed by atoms with van der Waals surface area (Å²) in [5, 5.41) is 14.2. The molecule has 0 unspecified atom stereocenters. The van der Waals surface area contributed by atoms with Gasteiger partial charge in [0, 0.05) is 30.7 Å². The molecule has 6 rings (SSSR count). The van der Waals surface area contributed by atoms with E-state index in [4.69, 9.17) is 11.6 Å². The lowest BCUT2D eigenvalue weighted by atomic mass is 9.71. The summed E-state index contributed by atoms with van der Waals surface area (Å²) in [6.07, 6.45) is 8.07. The third-order valence-electron chi connectivity index (χ3n) is 9.31. The lowest BCUT2D eigenvalue weighted by Gasteiger charge is -2.47. The van der Waals surface area contributed by atoms with Crippen LogP contribution in [0.3, 0.4) is 0 Å². The smallest absolute Gasteiger partial charge is 0.278 e. The van der Waals surface area contributed by atoms with E-state index >= 15 is 0 Å². The third kappa shape index (κ3) is 6.34. The highest BCUT2D eigenvalue weighted by Gasteiger charge is 2.37. The highest BCUT2D eigenvalue weighted by molar-refractivity contribution is 5.77. The van der Waals surface area contributed by atoms with E-state index in [0.717, 1.165) is 38.4 Å². The zero-order chi connectivity index (χ0) is 31.6. The number of fused-ring (bicyclic) bond motifs is 1. The molecule has 0 saturated carbocycles. The molecule has 1 aromatic carbocycles. The van der Waals surface area contributed by atoms with Gasteiger partial charge in [0.1, 0.15) is 11.0 Å². The molecule has 11 heteroatoms. The molecule has 1 spiro atoms. The van der Waals surface area contributed by atoms with Crippen molar-refractivity contribution in [3.8, 4) is 5.82 Å². The van der Waals surface area contributed by atoms with Gasteiger partial charge in [-0.3, -0.25) is 9.69 Å². The minimum absolute atomic E-state index is 0.245. The molecule has 2 N–H and O–H groups in total. The molecule has 4 aromatic rings. The second-order valence-electron chi connectivity index (χ2n) is 12.7. The predicted octanol–water partition coefficient (Wildman–Crippen LogP) is 4.74. The molecule has 2 aliphatic heterocycles. The lowest BCUT2D eigenvalue weighted by molar-refractivity contribution is 0.0738. The first-order chi connectivity index (χ1) is 21.7. The van der Waals surface area contributed by atoms with Crippen molar-refractivity contribution < 1.29 is 5.11 Å².